The maximum atomic E-state index is 13.2. The van der Waals surface area contributed by atoms with E-state index in [4.69, 9.17) is 9.47 Å². The van der Waals surface area contributed by atoms with Crippen molar-refractivity contribution >= 4 is 38.1 Å². The molecule has 9 heteroatoms. The fourth-order valence-electron chi connectivity index (χ4n) is 4.54. The second kappa shape index (κ2) is 10.2. The predicted octanol–water partition coefficient (Wildman–Crippen LogP) is 3.48. The fraction of sp³-hybridized carbons (Fsp3) is 0.346. The zero-order valence-electron chi connectivity index (χ0n) is 19.5. The van der Waals surface area contributed by atoms with Crippen molar-refractivity contribution < 1.29 is 22.7 Å². The number of nitrogens with zero attached hydrogens (tertiary/aromatic N) is 2. The number of carbonyl (C=O) groups excluding carboxylic acids is 1. The van der Waals surface area contributed by atoms with Crippen LogP contribution in [0.2, 0.25) is 0 Å². The van der Waals surface area contributed by atoms with Crippen LogP contribution in [0, 0.1) is 0 Å². The molecule has 2 aliphatic rings. The summed E-state index contributed by atoms with van der Waals surface area (Å²) in [5.74, 6) is 0.252. The smallest absolute Gasteiger partial charge is 0.262 e. The SMILES string of the molecule is O=C(COc1ccc2ccccc2c1)Nc1cc(S(=O)(=O)N2CCOCC2)ccc1N1CCCC1. The molecule has 0 spiro atoms. The van der Waals surface area contributed by atoms with Crippen molar-refractivity contribution in [3.63, 3.8) is 0 Å². The molecule has 3 aromatic rings. The van der Waals surface area contributed by atoms with Gasteiger partial charge >= 0.3 is 0 Å². The van der Waals surface area contributed by atoms with Crippen LogP contribution >= 0.6 is 0 Å². The average Bonchev–Trinajstić information content (AvgIpc) is 3.43. The molecular formula is C26H29N3O5S. The summed E-state index contributed by atoms with van der Waals surface area (Å²) in [5, 5.41) is 5.02. The molecule has 0 aliphatic carbocycles. The summed E-state index contributed by atoms with van der Waals surface area (Å²) in [4.78, 5) is 15.2. The van der Waals surface area contributed by atoms with E-state index in [9.17, 15) is 13.2 Å². The first-order valence-electron chi connectivity index (χ1n) is 11.9. The van der Waals surface area contributed by atoms with Gasteiger partial charge in [-0.3, -0.25) is 4.79 Å². The van der Waals surface area contributed by atoms with Crippen molar-refractivity contribution in [2.24, 2.45) is 0 Å². The second-order valence-corrected chi connectivity index (χ2v) is 10.7. The molecule has 184 valence electrons. The molecule has 5 rings (SSSR count). The molecule has 2 saturated heterocycles. The van der Waals surface area contributed by atoms with Gasteiger partial charge in [-0.25, -0.2) is 8.42 Å². The summed E-state index contributed by atoms with van der Waals surface area (Å²) < 4.78 is 38.9. The van der Waals surface area contributed by atoms with Gasteiger partial charge in [-0.15, -0.1) is 0 Å². The summed E-state index contributed by atoms with van der Waals surface area (Å²) in [6, 6.07) is 18.6. The lowest BCUT2D eigenvalue weighted by molar-refractivity contribution is -0.118. The van der Waals surface area contributed by atoms with Crippen LogP contribution in [0.25, 0.3) is 10.8 Å². The van der Waals surface area contributed by atoms with Gasteiger partial charge in [-0.05, 0) is 53.9 Å². The molecule has 3 aromatic carbocycles. The summed E-state index contributed by atoms with van der Waals surface area (Å²) >= 11 is 0. The van der Waals surface area contributed by atoms with Gasteiger partial charge in [0.1, 0.15) is 5.75 Å². The number of hydrogen-bond acceptors (Lipinski definition) is 6. The average molecular weight is 496 g/mol. The number of fused-ring (bicyclic) bond motifs is 1. The molecule has 0 saturated carbocycles. The molecule has 35 heavy (non-hydrogen) atoms. The van der Waals surface area contributed by atoms with Crippen molar-refractivity contribution in [1.82, 2.24) is 4.31 Å². The number of ether oxygens (including phenoxy) is 2. The van der Waals surface area contributed by atoms with E-state index in [-0.39, 0.29) is 17.4 Å². The third-order valence-electron chi connectivity index (χ3n) is 6.39. The molecule has 1 amide bonds. The first kappa shape index (κ1) is 23.6. The maximum Gasteiger partial charge on any atom is 0.262 e. The van der Waals surface area contributed by atoms with Gasteiger partial charge in [0.15, 0.2) is 6.61 Å². The summed E-state index contributed by atoms with van der Waals surface area (Å²) in [7, 11) is -3.68. The van der Waals surface area contributed by atoms with Crippen LogP contribution in [0.5, 0.6) is 5.75 Å². The molecule has 0 bridgehead atoms. The van der Waals surface area contributed by atoms with Crippen LogP contribution in [0.1, 0.15) is 12.8 Å². The van der Waals surface area contributed by atoms with Gasteiger partial charge in [-0.2, -0.15) is 4.31 Å². The van der Waals surface area contributed by atoms with Crippen LogP contribution in [0.4, 0.5) is 11.4 Å². The molecule has 2 fully saturated rings. The Hall–Kier alpha value is -3.14. The lowest BCUT2D eigenvalue weighted by Gasteiger charge is -2.27. The number of rotatable bonds is 7. The van der Waals surface area contributed by atoms with E-state index in [1.807, 2.05) is 42.5 Å². The van der Waals surface area contributed by atoms with Crippen molar-refractivity contribution in [1.29, 1.82) is 0 Å². The zero-order chi connectivity index (χ0) is 24.3. The summed E-state index contributed by atoms with van der Waals surface area (Å²) in [6.45, 7) is 2.94. The molecule has 2 aliphatic heterocycles. The van der Waals surface area contributed by atoms with Gasteiger partial charge in [0.25, 0.3) is 5.91 Å². The normalized spacial score (nSPS) is 17.0. The van der Waals surface area contributed by atoms with Crippen molar-refractivity contribution in [2.45, 2.75) is 17.7 Å². The Labute approximate surface area is 205 Å². The minimum Gasteiger partial charge on any atom is -0.484 e. The first-order valence-corrected chi connectivity index (χ1v) is 13.3. The van der Waals surface area contributed by atoms with Gasteiger partial charge in [0.2, 0.25) is 10.0 Å². The van der Waals surface area contributed by atoms with Crippen LogP contribution in [0.15, 0.2) is 65.6 Å². The number of amides is 1. The quantitative estimate of drug-likeness (QED) is 0.540. The van der Waals surface area contributed by atoms with E-state index in [1.54, 1.807) is 18.2 Å². The number of benzene rings is 3. The van der Waals surface area contributed by atoms with E-state index in [1.165, 1.54) is 4.31 Å². The predicted molar refractivity (Wildman–Crippen MR) is 136 cm³/mol. The Kier molecular flexibility index (Phi) is 6.90. The van der Waals surface area contributed by atoms with Gasteiger partial charge in [-0.1, -0.05) is 30.3 Å². The van der Waals surface area contributed by atoms with E-state index in [2.05, 4.69) is 10.2 Å². The lowest BCUT2D eigenvalue weighted by Crippen LogP contribution is -2.40. The molecule has 8 nitrogen and oxygen atoms in total. The van der Waals surface area contributed by atoms with Crippen LogP contribution < -0.4 is 15.0 Å². The number of hydrogen-bond donors (Lipinski definition) is 1. The lowest BCUT2D eigenvalue weighted by atomic mass is 10.1. The Morgan fingerprint density at radius 2 is 1.66 bits per heavy atom. The van der Waals surface area contributed by atoms with Crippen LogP contribution in [0.3, 0.4) is 0 Å². The number of morpholine rings is 1. The maximum absolute atomic E-state index is 13.2. The Morgan fingerprint density at radius 3 is 2.43 bits per heavy atom. The van der Waals surface area contributed by atoms with E-state index in [0.717, 1.165) is 42.4 Å². The number of carbonyl (C=O) groups is 1. The highest BCUT2D eigenvalue weighted by Gasteiger charge is 2.28. The highest BCUT2D eigenvalue weighted by Crippen LogP contribution is 2.32. The summed E-state index contributed by atoms with van der Waals surface area (Å²) in [6.07, 6.45) is 2.12. The summed E-state index contributed by atoms with van der Waals surface area (Å²) in [5.41, 5.74) is 1.30. The van der Waals surface area contributed by atoms with Gasteiger partial charge in [0.05, 0.1) is 29.5 Å². The van der Waals surface area contributed by atoms with Crippen molar-refractivity contribution in [3.05, 3.63) is 60.7 Å². The first-order chi connectivity index (χ1) is 17.0. The largest absolute Gasteiger partial charge is 0.484 e. The highest BCUT2D eigenvalue weighted by molar-refractivity contribution is 7.89. The topological polar surface area (TPSA) is 88.2 Å². The van der Waals surface area contributed by atoms with Gasteiger partial charge in [0, 0.05) is 26.2 Å². The molecule has 2 heterocycles. The fourth-order valence-corrected chi connectivity index (χ4v) is 5.97. The van der Waals surface area contributed by atoms with E-state index in [0.29, 0.717) is 37.7 Å². The van der Waals surface area contributed by atoms with Crippen molar-refractivity contribution in [3.8, 4) is 5.75 Å². The third-order valence-corrected chi connectivity index (χ3v) is 8.28. The monoisotopic (exact) mass is 495 g/mol. The number of nitrogens with one attached hydrogen (secondary N) is 1. The minimum atomic E-state index is -3.68. The molecule has 0 unspecified atom stereocenters. The van der Waals surface area contributed by atoms with Crippen molar-refractivity contribution in [2.75, 3.05) is 56.2 Å². The molecule has 0 aromatic heterocycles. The van der Waals surface area contributed by atoms with E-state index < -0.39 is 10.0 Å². The van der Waals surface area contributed by atoms with Gasteiger partial charge < -0.3 is 19.7 Å². The molecule has 1 N–H and O–H groups in total. The zero-order valence-corrected chi connectivity index (χ0v) is 20.3. The molecule has 0 atom stereocenters. The molecule has 0 radical (unpaired) electrons. The number of anilines is 2. The highest BCUT2D eigenvalue weighted by atomic mass is 32.2. The Morgan fingerprint density at radius 1 is 0.914 bits per heavy atom. The number of sulfonamides is 1. The Balaban J connectivity index is 1.35. The molecular weight excluding hydrogens is 466 g/mol. The van der Waals surface area contributed by atoms with Crippen LogP contribution in [-0.4, -0.2) is 64.6 Å². The third kappa shape index (κ3) is 5.27. The second-order valence-electron chi connectivity index (χ2n) is 8.74. The van der Waals surface area contributed by atoms with Crippen LogP contribution in [-0.2, 0) is 19.6 Å². The van der Waals surface area contributed by atoms with E-state index >= 15 is 0 Å². The minimum absolute atomic E-state index is 0.160. The Bertz CT molecular complexity index is 1320. The standard InChI is InChI=1S/C26H29N3O5S/c30-26(19-34-22-8-7-20-5-1-2-6-21(20)17-22)27-24-18-23(9-10-25(24)28-11-3-4-12-28)35(31,32)29-13-15-33-16-14-29/h1-2,5-10,17-18H,3-4,11-16,19H2,(H,27,30).